The van der Waals surface area contributed by atoms with Gasteiger partial charge in [0.25, 0.3) is 0 Å². The number of rotatable bonds is 1. The lowest BCUT2D eigenvalue weighted by Crippen LogP contribution is -2.30. The molecule has 0 amide bonds. The van der Waals surface area contributed by atoms with Gasteiger partial charge < -0.3 is 4.79 Å². The number of carbonyl (C=O) groups excluding carboxylic acids is 1. The Balaban J connectivity index is 4.06. The minimum absolute atomic E-state index is 0.909. The van der Waals surface area contributed by atoms with E-state index in [9.17, 15) is 13.4 Å². The van der Waals surface area contributed by atoms with Crippen LogP contribution in [0.1, 0.15) is 20.8 Å². The van der Waals surface area contributed by atoms with Gasteiger partial charge in [0.15, 0.2) is 5.68 Å². The maximum Gasteiger partial charge on any atom is 0.609 e. The van der Waals surface area contributed by atoms with Crippen LogP contribution in [0.3, 0.4) is 0 Å². The van der Waals surface area contributed by atoms with E-state index in [1.807, 2.05) is 0 Å². The van der Waals surface area contributed by atoms with Crippen molar-refractivity contribution < 1.29 is 13.4 Å². The fourth-order valence-corrected chi connectivity index (χ4v) is 0.327. The zero-order valence-corrected chi connectivity index (χ0v) is 5.74. The van der Waals surface area contributed by atoms with Crippen LogP contribution >= 0.6 is 0 Å². The highest BCUT2D eigenvalue weighted by Gasteiger charge is 2.34. The second kappa shape index (κ2) is 2.46. The predicted octanol–water partition coefficient (Wildman–Crippen LogP) is 1.57. The molecule has 9 heavy (non-hydrogen) atoms. The van der Waals surface area contributed by atoms with Crippen LogP contribution in [0.25, 0.3) is 0 Å². The van der Waals surface area contributed by atoms with Crippen molar-refractivity contribution >= 4 is 12.9 Å². The Hall–Kier alpha value is -0.405. The van der Waals surface area contributed by atoms with Crippen molar-refractivity contribution in [1.29, 1.82) is 0 Å². The molecule has 0 spiro atoms. The summed E-state index contributed by atoms with van der Waals surface area (Å²) in [5.41, 5.74) is -1.91. The Labute approximate surface area is 53.6 Å². The third-order valence-electron chi connectivity index (χ3n) is 0.937. The normalized spacial score (nSPS) is 11.2. The molecule has 0 aromatic heterocycles. The van der Waals surface area contributed by atoms with Gasteiger partial charge in [0, 0.05) is 5.41 Å². The van der Waals surface area contributed by atoms with Crippen LogP contribution < -0.4 is 0 Å². The molecule has 0 radical (unpaired) electrons. The molecule has 0 aliphatic rings. The van der Waals surface area contributed by atoms with E-state index in [1.165, 1.54) is 20.8 Å². The van der Waals surface area contributed by atoms with Crippen molar-refractivity contribution in [2.24, 2.45) is 5.41 Å². The lowest BCUT2D eigenvalue weighted by atomic mass is 9.73. The van der Waals surface area contributed by atoms with Crippen LogP contribution in [0.2, 0.25) is 0 Å². The van der Waals surface area contributed by atoms with Crippen molar-refractivity contribution in [2.75, 3.05) is 0 Å². The topological polar surface area (TPSA) is 17.1 Å². The zero-order chi connectivity index (χ0) is 7.65. The standard InChI is InChI=1S/C5H9BF2O/c1-5(2,3)4(9)6(7)8/h1-3H3. The maximum atomic E-state index is 11.6. The Morgan fingerprint density at radius 3 is 1.67 bits per heavy atom. The van der Waals surface area contributed by atoms with Gasteiger partial charge in [-0.15, -0.1) is 0 Å². The maximum absolute atomic E-state index is 11.6. The van der Waals surface area contributed by atoms with Crippen molar-refractivity contribution in [3.05, 3.63) is 0 Å². The second-order valence-electron chi connectivity index (χ2n) is 2.91. The van der Waals surface area contributed by atoms with Gasteiger partial charge in [0.2, 0.25) is 0 Å². The van der Waals surface area contributed by atoms with E-state index in [0.29, 0.717) is 0 Å². The third kappa shape index (κ3) is 2.58. The second-order valence-corrected chi connectivity index (χ2v) is 2.91. The van der Waals surface area contributed by atoms with Gasteiger partial charge in [-0.2, -0.15) is 0 Å². The summed E-state index contributed by atoms with van der Waals surface area (Å²) in [5, 5.41) is 0. The lowest BCUT2D eigenvalue weighted by Gasteiger charge is -2.13. The van der Waals surface area contributed by atoms with Gasteiger partial charge in [-0.05, 0) is 0 Å². The minimum atomic E-state index is -2.83. The van der Waals surface area contributed by atoms with Gasteiger partial charge in [-0.3, -0.25) is 8.63 Å². The molecule has 1 nitrogen and oxygen atoms in total. The summed E-state index contributed by atoms with van der Waals surface area (Å²) in [4.78, 5) is 10.4. The highest BCUT2D eigenvalue weighted by Crippen LogP contribution is 2.16. The third-order valence-corrected chi connectivity index (χ3v) is 0.937. The summed E-state index contributed by atoms with van der Waals surface area (Å²) in [7, 11) is -2.83. The molecule has 0 heterocycles. The van der Waals surface area contributed by atoms with Gasteiger partial charge in [0.1, 0.15) is 0 Å². The summed E-state index contributed by atoms with van der Waals surface area (Å²) in [6.45, 7) is 4.42. The molecule has 0 aromatic carbocycles. The molecule has 0 aromatic rings. The SMILES string of the molecule is CC(C)(C)C(=O)B(F)F. The molecule has 0 aliphatic heterocycles. The Morgan fingerprint density at radius 2 is 1.67 bits per heavy atom. The van der Waals surface area contributed by atoms with Crippen LogP contribution in [-0.4, -0.2) is 12.9 Å². The van der Waals surface area contributed by atoms with Gasteiger partial charge in [-0.1, -0.05) is 20.8 Å². The summed E-state index contributed by atoms with van der Waals surface area (Å²) in [6.07, 6.45) is 0. The largest absolute Gasteiger partial charge is 0.609 e. The van der Waals surface area contributed by atoms with Crippen LogP contribution in [0.15, 0.2) is 0 Å². The molecular weight excluding hydrogens is 125 g/mol. The molecule has 52 valence electrons. The first-order valence-electron chi connectivity index (χ1n) is 2.68. The molecular formula is C5H9BF2O. The van der Waals surface area contributed by atoms with E-state index >= 15 is 0 Å². The number of halogens is 2. The Kier molecular flexibility index (Phi) is 2.35. The average molecular weight is 134 g/mol. The predicted molar refractivity (Wildman–Crippen MR) is 32.4 cm³/mol. The fraction of sp³-hybridized carbons (Fsp3) is 0.800. The molecule has 0 bridgehead atoms. The fourth-order valence-electron chi connectivity index (χ4n) is 0.327. The zero-order valence-electron chi connectivity index (χ0n) is 5.74. The average Bonchev–Trinajstić information content (AvgIpc) is 1.62. The van der Waals surface area contributed by atoms with Crippen molar-refractivity contribution in [2.45, 2.75) is 20.8 Å². The van der Waals surface area contributed by atoms with Crippen molar-refractivity contribution in [3.63, 3.8) is 0 Å². The smallest absolute Gasteiger partial charge is 0.303 e. The number of hydrogen-bond donors (Lipinski definition) is 0. The lowest BCUT2D eigenvalue weighted by molar-refractivity contribution is -0.120. The van der Waals surface area contributed by atoms with Crippen LogP contribution in [0, 0.1) is 5.41 Å². The monoisotopic (exact) mass is 134 g/mol. The first kappa shape index (κ1) is 8.59. The first-order chi connectivity index (χ1) is 3.85. The van der Waals surface area contributed by atoms with Crippen LogP contribution in [0.5, 0.6) is 0 Å². The minimum Gasteiger partial charge on any atom is -0.303 e. The number of hydrogen-bond acceptors (Lipinski definition) is 1. The highest BCUT2D eigenvalue weighted by molar-refractivity contribution is 6.80. The summed E-state index contributed by atoms with van der Waals surface area (Å²) in [6, 6.07) is 0. The molecule has 0 saturated carbocycles. The van der Waals surface area contributed by atoms with Crippen LogP contribution in [0.4, 0.5) is 8.63 Å². The van der Waals surface area contributed by atoms with E-state index in [4.69, 9.17) is 0 Å². The van der Waals surface area contributed by atoms with Gasteiger partial charge >= 0.3 is 7.27 Å². The van der Waals surface area contributed by atoms with E-state index in [2.05, 4.69) is 0 Å². The molecule has 0 saturated heterocycles. The molecule has 0 fully saturated rings. The summed E-state index contributed by atoms with van der Waals surface area (Å²) >= 11 is 0. The molecule has 0 aliphatic carbocycles. The van der Waals surface area contributed by atoms with Crippen LogP contribution in [-0.2, 0) is 4.79 Å². The highest BCUT2D eigenvalue weighted by atomic mass is 19.2. The van der Waals surface area contributed by atoms with E-state index < -0.39 is 18.4 Å². The summed E-state index contributed by atoms with van der Waals surface area (Å²) < 4.78 is 23.1. The van der Waals surface area contributed by atoms with E-state index in [0.717, 1.165) is 0 Å². The summed E-state index contributed by atoms with van der Waals surface area (Å²) in [5.74, 6) is 0. The van der Waals surface area contributed by atoms with Gasteiger partial charge in [-0.25, -0.2) is 0 Å². The number of carbonyl (C=O) groups is 1. The van der Waals surface area contributed by atoms with Crippen molar-refractivity contribution in [1.82, 2.24) is 0 Å². The molecule has 0 N–H and O–H groups in total. The first-order valence-corrected chi connectivity index (χ1v) is 2.68. The van der Waals surface area contributed by atoms with Gasteiger partial charge in [0.05, 0.1) is 0 Å². The Morgan fingerprint density at radius 1 is 1.33 bits per heavy atom. The molecule has 0 rings (SSSR count). The quantitative estimate of drug-likeness (QED) is 0.497. The van der Waals surface area contributed by atoms with E-state index in [1.54, 1.807) is 0 Å². The van der Waals surface area contributed by atoms with Crippen molar-refractivity contribution in [3.8, 4) is 0 Å². The Bertz CT molecular complexity index is 117. The van der Waals surface area contributed by atoms with E-state index in [-0.39, 0.29) is 0 Å². The molecule has 4 heteroatoms. The molecule has 0 atom stereocenters. The molecule has 0 unspecified atom stereocenters.